The second-order valence-electron chi connectivity index (χ2n) is 4.23. The normalized spacial score (nSPS) is 30.2. The van der Waals surface area contributed by atoms with Crippen LogP contribution in [0.4, 0.5) is 0 Å². The third-order valence-electron chi connectivity index (χ3n) is 3.46. The summed E-state index contributed by atoms with van der Waals surface area (Å²) in [7, 11) is 0. The topological polar surface area (TPSA) is 44.5 Å². The van der Waals surface area contributed by atoms with E-state index in [1.807, 2.05) is 0 Å². The molecule has 13 heavy (non-hydrogen) atoms. The highest BCUT2D eigenvalue weighted by Crippen LogP contribution is 2.32. The van der Waals surface area contributed by atoms with Gasteiger partial charge in [0, 0.05) is 32.0 Å². The Balaban J connectivity index is 1.94. The minimum absolute atomic E-state index is 0.0437. The SMILES string of the molecule is NC1(C2CCOCC2)CCOCC1. The van der Waals surface area contributed by atoms with Crippen LogP contribution in [0.2, 0.25) is 0 Å². The van der Waals surface area contributed by atoms with Gasteiger partial charge in [-0.3, -0.25) is 0 Å². The lowest BCUT2D eigenvalue weighted by atomic mass is 9.75. The lowest BCUT2D eigenvalue weighted by molar-refractivity contribution is -0.0119. The highest BCUT2D eigenvalue weighted by molar-refractivity contribution is 4.93. The smallest absolute Gasteiger partial charge is 0.0483 e. The van der Waals surface area contributed by atoms with Crippen molar-refractivity contribution >= 4 is 0 Å². The summed E-state index contributed by atoms with van der Waals surface area (Å²) in [4.78, 5) is 0. The van der Waals surface area contributed by atoms with E-state index in [9.17, 15) is 0 Å². The summed E-state index contributed by atoms with van der Waals surface area (Å²) < 4.78 is 10.7. The van der Waals surface area contributed by atoms with Crippen LogP contribution >= 0.6 is 0 Å². The molecule has 0 radical (unpaired) electrons. The first-order valence-corrected chi connectivity index (χ1v) is 5.26. The summed E-state index contributed by atoms with van der Waals surface area (Å²) in [5.41, 5.74) is 6.44. The fourth-order valence-corrected chi connectivity index (χ4v) is 2.43. The van der Waals surface area contributed by atoms with Gasteiger partial charge in [-0.15, -0.1) is 0 Å². The standard InChI is InChI=1S/C10H19NO2/c11-10(3-7-13-8-4-10)9-1-5-12-6-2-9/h9H,1-8,11H2. The molecule has 0 unspecified atom stereocenters. The Morgan fingerprint density at radius 3 is 2.08 bits per heavy atom. The first-order chi connectivity index (χ1) is 6.31. The van der Waals surface area contributed by atoms with Gasteiger partial charge in [0.2, 0.25) is 0 Å². The van der Waals surface area contributed by atoms with E-state index in [0.29, 0.717) is 5.92 Å². The van der Waals surface area contributed by atoms with E-state index in [0.717, 1.165) is 52.1 Å². The van der Waals surface area contributed by atoms with Crippen molar-refractivity contribution in [2.45, 2.75) is 31.2 Å². The zero-order valence-electron chi connectivity index (χ0n) is 8.13. The molecule has 2 fully saturated rings. The van der Waals surface area contributed by atoms with E-state index < -0.39 is 0 Å². The van der Waals surface area contributed by atoms with Crippen LogP contribution < -0.4 is 5.73 Å². The molecule has 2 saturated heterocycles. The fraction of sp³-hybridized carbons (Fsp3) is 1.00. The lowest BCUT2D eigenvalue weighted by Crippen LogP contribution is -2.52. The molecule has 3 nitrogen and oxygen atoms in total. The summed E-state index contributed by atoms with van der Waals surface area (Å²) in [5.74, 6) is 0.658. The zero-order chi connectivity index (χ0) is 9.15. The molecule has 2 aliphatic heterocycles. The van der Waals surface area contributed by atoms with Gasteiger partial charge >= 0.3 is 0 Å². The van der Waals surface area contributed by atoms with Gasteiger partial charge < -0.3 is 15.2 Å². The minimum atomic E-state index is 0.0437. The van der Waals surface area contributed by atoms with Gasteiger partial charge in [-0.2, -0.15) is 0 Å². The lowest BCUT2D eigenvalue weighted by Gasteiger charge is -2.42. The predicted octanol–water partition coefficient (Wildman–Crippen LogP) is 0.921. The van der Waals surface area contributed by atoms with Gasteiger partial charge in [-0.25, -0.2) is 0 Å². The Labute approximate surface area is 79.6 Å². The Kier molecular flexibility index (Phi) is 2.86. The van der Waals surface area contributed by atoms with E-state index in [1.54, 1.807) is 0 Å². The van der Waals surface area contributed by atoms with E-state index in [1.165, 1.54) is 0 Å². The van der Waals surface area contributed by atoms with Crippen molar-refractivity contribution in [3.8, 4) is 0 Å². The number of rotatable bonds is 1. The van der Waals surface area contributed by atoms with Gasteiger partial charge in [-0.1, -0.05) is 0 Å². The van der Waals surface area contributed by atoms with Crippen molar-refractivity contribution in [3.05, 3.63) is 0 Å². The fourth-order valence-electron chi connectivity index (χ4n) is 2.43. The Morgan fingerprint density at radius 1 is 0.923 bits per heavy atom. The summed E-state index contributed by atoms with van der Waals surface area (Å²) >= 11 is 0. The largest absolute Gasteiger partial charge is 0.381 e. The quantitative estimate of drug-likeness (QED) is 0.660. The maximum absolute atomic E-state index is 6.40. The third-order valence-corrected chi connectivity index (χ3v) is 3.46. The molecule has 0 spiro atoms. The summed E-state index contributed by atoms with van der Waals surface area (Å²) in [5, 5.41) is 0. The summed E-state index contributed by atoms with van der Waals surface area (Å²) in [6, 6.07) is 0. The van der Waals surface area contributed by atoms with Crippen LogP contribution in [0, 0.1) is 5.92 Å². The molecule has 0 aromatic heterocycles. The van der Waals surface area contributed by atoms with Gasteiger partial charge in [0.1, 0.15) is 0 Å². The monoisotopic (exact) mass is 185 g/mol. The van der Waals surface area contributed by atoms with Crippen LogP contribution in [-0.4, -0.2) is 32.0 Å². The molecule has 3 heteroatoms. The molecule has 0 amide bonds. The average Bonchev–Trinajstić information content (AvgIpc) is 2.20. The second-order valence-corrected chi connectivity index (χ2v) is 4.23. The molecule has 2 heterocycles. The van der Waals surface area contributed by atoms with Crippen molar-refractivity contribution in [3.63, 3.8) is 0 Å². The molecule has 0 saturated carbocycles. The molecule has 0 bridgehead atoms. The molecule has 0 aromatic rings. The van der Waals surface area contributed by atoms with Crippen LogP contribution in [0.5, 0.6) is 0 Å². The molecular weight excluding hydrogens is 166 g/mol. The highest BCUT2D eigenvalue weighted by atomic mass is 16.5. The predicted molar refractivity (Wildman–Crippen MR) is 50.5 cm³/mol. The minimum Gasteiger partial charge on any atom is -0.381 e. The van der Waals surface area contributed by atoms with Crippen molar-refractivity contribution in [2.24, 2.45) is 11.7 Å². The first-order valence-electron chi connectivity index (χ1n) is 5.26. The highest BCUT2D eigenvalue weighted by Gasteiger charge is 2.37. The van der Waals surface area contributed by atoms with E-state index in [-0.39, 0.29) is 5.54 Å². The Bertz CT molecular complexity index is 160. The van der Waals surface area contributed by atoms with Gasteiger partial charge in [0.25, 0.3) is 0 Å². The summed E-state index contributed by atoms with van der Waals surface area (Å²) in [6.07, 6.45) is 4.32. The zero-order valence-corrected chi connectivity index (χ0v) is 8.13. The number of nitrogens with two attached hydrogens (primary N) is 1. The van der Waals surface area contributed by atoms with Crippen molar-refractivity contribution in [2.75, 3.05) is 26.4 Å². The average molecular weight is 185 g/mol. The molecule has 0 atom stereocenters. The third kappa shape index (κ3) is 2.03. The molecular formula is C10H19NO2. The molecule has 0 aliphatic carbocycles. The van der Waals surface area contributed by atoms with Gasteiger partial charge in [-0.05, 0) is 31.6 Å². The number of ether oxygens (including phenoxy) is 2. The summed E-state index contributed by atoms with van der Waals surface area (Å²) in [6.45, 7) is 3.47. The van der Waals surface area contributed by atoms with Gasteiger partial charge in [0.15, 0.2) is 0 Å². The molecule has 76 valence electrons. The van der Waals surface area contributed by atoms with Crippen LogP contribution in [-0.2, 0) is 9.47 Å². The number of hydrogen-bond acceptors (Lipinski definition) is 3. The Morgan fingerprint density at radius 2 is 1.46 bits per heavy atom. The van der Waals surface area contributed by atoms with Gasteiger partial charge in [0.05, 0.1) is 0 Å². The second kappa shape index (κ2) is 3.95. The van der Waals surface area contributed by atoms with E-state index >= 15 is 0 Å². The maximum Gasteiger partial charge on any atom is 0.0483 e. The van der Waals surface area contributed by atoms with E-state index in [2.05, 4.69) is 0 Å². The van der Waals surface area contributed by atoms with Crippen molar-refractivity contribution in [1.82, 2.24) is 0 Å². The van der Waals surface area contributed by atoms with Crippen LogP contribution in [0.15, 0.2) is 0 Å². The Hall–Kier alpha value is -0.120. The van der Waals surface area contributed by atoms with Crippen molar-refractivity contribution in [1.29, 1.82) is 0 Å². The molecule has 2 rings (SSSR count). The van der Waals surface area contributed by atoms with Crippen LogP contribution in [0.3, 0.4) is 0 Å². The van der Waals surface area contributed by atoms with E-state index in [4.69, 9.17) is 15.2 Å². The molecule has 0 aromatic carbocycles. The maximum atomic E-state index is 6.40. The molecule has 2 aliphatic rings. The van der Waals surface area contributed by atoms with Crippen molar-refractivity contribution < 1.29 is 9.47 Å². The first kappa shape index (κ1) is 9.44. The molecule has 2 N–H and O–H groups in total. The van der Waals surface area contributed by atoms with Crippen LogP contribution in [0.1, 0.15) is 25.7 Å². The number of hydrogen-bond donors (Lipinski definition) is 1. The van der Waals surface area contributed by atoms with Crippen LogP contribution in [0.25, 0.3) is 0 Å².